The van der Waals surface area contributed by atoms with Crippen LogP contribution in [-0.4, -0.2) is 55.0 Å². The SMILES string of the molecule is Cc1nc2cnc(Cc3ccnc(N4CC[C@H](O)[C@H](F)C4)n3)cc2n1C(C)C. The molecule has 0 bridgehead atoms. The third-order valence-corrected chi connectivity index (χ3v) is 5.18. The number of imidazole rings is 1. The molecule has 7 nitrogen and oxygen atoms in total. The van der Waals surface area contributed by atoms with Gasteiger partial charge in [-0.15, -0.1) is 0 Å². The number of aliphatic hydroxyl groups is 1. The van der Waals surface area contributed by atoms with Crippen LogP contribution in [-0.2, 0) is 6.42 Å². The maximum atomic E-state index is 13.8. The lowest BCUT2D eigenvalue weighted by Gasteiger charge is -2.32. The summed E-state index contributed by atoms with van der Waals surface area (Å²) in [5.41, 5.74) is 3.68. The molecule has 2 atom stereocenters. The van der Waals surface area contributed by atoms with Crippen molar-refractivity contribution < 1.29 is 9.50 Å². The Balaban J connectivity index is 1.58. The van der Waals surface area contributed by atoms with Crippen LogP contribution in [0.25, 0.3) is 11.0 Å². The lowest BCUT2D eigenvalue weighted by atomic mass is 10.1. The first-order valence-electron chi connectivity index (χ1n) is 9.65. The fraction of sp³-hybridized carbons (Fsp3) is 0.500. The van der Waals surface area contributed by atoms with E-state index in [1.165, 1.54) is 0 Å². The van der Waals surface area contributed by atoms with Gasteiger partial charge in [0.05, 0.1) is 30.1 Å². The van der Waals surface area contributed by atoms with Gasteiger partial charge in [0.2, 0.25) is 5.95 Å². The molecule has 0 aromatic carbocycles. The molecule has 1 aliphatic rings. The van der Waals surface area contributed by atoms with E-state index in [0.717, 1.165) is 28.2 Å². The molecule has 1 fully saturated rings. The number of piperidine rings is 1. The number of aliphatic hydroxyl groups excluding tert-OH is 1. The van der Waals surface area contributed by atoms with Crippen LogP contribution in [0.15, 0.2) is 24.5 Å². The molecule has 0 unspecified atom stereocenters. The number of fused-ring (bicyclic) bond motifs is 1. The quantitative estimate of drug-likeness (QED) is 0.745. The minimum absolute atomic E-state index is 0.113. The number of rotatable bonds is 4. The summed E-state index contributed by atoms with van der Waals surface area (Å²) in [5.74, 6) is 1.47. The highest BCUT2D eigenvalue weighted by Crippen LogP contribution is 2.22. The normalized spacial score (nSPS) is 20.3. The van der Waals surface area contributed by atoms with Crippen molar-refractivity contribution >= 4 is 17.0 Å². The van der Waals surface area contributed by atoms with Gasteiger partial charge in [0.25, 0.3) is 0 Å². The molecule has 28 heavy (non-hydrogen) atoms. The summed E-state index contributed by atoms with van der Waals surface area (Å²) in [5, 5.41) is 9.58. The number of nitrogens with zero attached hydrogens (tertiary/aromatic N) is 6. The number of hydrogen-bond donors (Lipinski definition) is 1. The Morgan fingerprint density at radius 2 is 2.07 bits per heavy atom. The standard InChI is InChI=1S/C20H25FN6O/c1-12(2)27-13(3)24-17-10-23-15(9-18(17)27)8-14-4-6-22-20(25-14)26-7-5-19(28)16(21)11-26/h4,6,9-10,12,16,19,28H,5,7-8,11H2,1-3H3/t16-,19+/m1/s1. The van der Waals surface area contributed by atoms with Crippen LogP contribution in [0.5, 0.6) is 0 Å². The number of anilines is 1. The summed E-state index contributed by atoms with van der Waals surface area (Å²) in [7, 11) is 0. The van der Waals surface area contributed by atoms with Crippen LogP contribution in [0.2, 0.25) is 0 Å². The Labute approximate surface area is 163 Å². The van der Waals surface area contributed by atoms with Gasteiger partial charge >= 0.3 is 0 Å². The molecule has 0 radical (unpaired) electrons. The Hall–Kier alpha value is -2.61. The fourth-order valence-corrected chi connectivity index (χ4v) is 3.80. The third kappa shape index (κ3) is 3.56. The molecule has 4 heterocycles. The summed E-state index contributed by atoms with van der Waals surface area (Å²) in [6.45, 7) is 6.94. The van der Waals surface area contributed by atoms with Gasteiger partial charge in [0.1, 0.15) is 17.5 Å². The molecule has 3 aromatic rings. The lowest BCUT2D eigenvalue weighted by Crippen LogP contribution is -2.45. The van der Waals surface area contributed by atoms with Crippen molar-refractivity contribution in [3.63, 3.8) is 0 Å². The molecule has 3 aromatic heterocycles. The van der Waals surface area contributed by atoms with E-state index in [1.807, 2.05) is 13.0 Å². The fourth-order valence-electron chi connectivity index (χ4n) is 3.80. The first-order valence-corrected chi connectivity index (χ1v) is 9.65. The number of aromatic nitrogens is 5. The van der Waals surface area contributed by atoms with E-state index in [0.29, 0.717) is 31.4 Å². The summed E-state index contributed by atoms with van der Waals surface area (Å²) in [4.78, 5) is 19.8. The van der Waals surface area contributed by atoms with Gasteiger partial charge in [-0.05, 0) is 39.3 Å². The molecule has 0 saturated carbocycles. The van der Waals surface area contributed by atoms with E-state index in [9.17, 15) is 9.50 Å². The molecule has 8 heteroatoms. The average molecular weight is 384 g/mol. The molecular weight excluding hydrogens is 359 g/mol. The Kier molecular flexibility index (Phi) is 4.97. The minimum atomic E-state index is -1.27. The van der Waals surface area contributed by atoms with Crippen molar-refractivity contribution in [1.82, 2.24) is 24.5 Å². The number of aryl methyl sites for hydroxylation is 1. The molecule has 0 aliphatic carbocycles. The summed E-state index contributed by atoms with van der Waals surface area (Å²) < 4.78 is 16.0. The van der Waals surface area contributed by atoms with Crippen molar-refractivity contribution in [2.45, 2.75) is 51.9 Å². The first-order chi connectivity index (χ1) is 13.4. The Morgan fingerprint density at radius 3 is 2.82 bits per heavy atom. The van der Waals surface area contributed by atoms with Crippen LogP contribution in [0.4, 0.5) is 10.3 Å². The van der Waals surface area contributed by atoms with Gasteiger partial charge in [0, 0.05) is 30.9 Å². The zero-order chi connectivity index (χ0) is 19.8. The van der Waals surface area contributed by atoms with Crippen LogP contribution in [0.1, 0.15) is 43.5 Å². The number of halogens is 1. The number of alkyl halides is 1. The molecular formula is C20H25FN6O. The van der Waals surface area contributed by atoms with Crippen LogP contribution < -0.4 is 4.90 Å². The zero-order valence-corrected chi connectivity index (χ0v) is 16.4. The highest BCUT2D eigenvalue weighted by atomic mass is 19.1. The second-order valence-corrected chi connectivity index (χ2v) is 7.63. The van der Waals surface area contributed by atoms with E-state index in [1.54, 1.807) is 17.3 Å². The maximum Gasteiger partial charge on any atom is 0.225 e. The highest BCUT2D eigenvalue weighted by Gasteiger charge is 2.28. The highest BCUT2D eigenvalue weighted by molar-refractivity contribution is 5.75. The smallest absolute Gasteiger partial charge is 0.225 e. The molecule has 4 rings (SSSR count). The predicted molar refractivity (Wildman–Crippen MR) is 105 cm³/mol. The van der Waals surface area contributed by atoms with Gasteiger partial charge in [-0.3, -0.25) is 4.98 Å². The van der Waals surface area contributed by atoms with Crippen molar-refractivity contribution in [3.8, 4) is 0 Å². The largest absolute Gasteiger partial charge is 0.390 e. The van der Waals surface area contributed by atoms with Gasteiger partial charge in [-0.1, -0.05) is 0 Å². The second kappa shape index (κ2) is 7.43. The van der Waals surface area contributed by atoms with Gasteiger partial charge in [-0.2, -0.15) is 0 Å². The molecule has 1 N–H and O–H groups in total. The summed E-state index contributed by atoms with van der Waals surface area (Å²) >= 11 is 0. The predicted octanol–water partition coefficient (Wildman–Crippen LogP) is 2.61. The molecule has 148 valence electrons. The van der Waals surface area contributed by atoms with Crippen molar-refractivity contribution in [2.75, 3.05) is 18.0 Å². The van der Waals surface area contributed by atoms with Crippen molar-refractivity contribution in [2.24, 2.45) is 0 Å². The van der Waals surface area contributed by atoms with Crippen molar-refractivity contribution in [3.05, 3.63) is 41.7 Å². The maximum absolute atomic E-state index is 13.8. The van der Waals surface area contributed by atoms with Crippen LogP contribution in [0, 0.1) is 6.92 Å². The van der Waals surface area contributed by atoms with E-state index in [-0.39, 0.29) is 6.54 Å². The van der Waals surface area contributed by atoms with E-state index < -0.39 is 12.3 Å². The van der Waals surface area contributed by atoms with E-state index in [2.05, 4.69) is 44.4 Å². The molecule has 1 aliphatic heterocycles. The van der Waals surface area contributed by atoms with E-state index >= 15 is 0 Å². The number of pyridine rings is 1. The van der Waals surface area contributed by atoms with E-state index in [4.69, 9.17) is 0 Å². The monoisotopic (exact) mass is 384 g/mol. The van der Waals surface area contributed by atoms with Gasteiger partial charge in [-0.25, -0.2) is 19.3 Å². The third-order valence-electron chi connectivity index (χ3n) is 5.18. The second-order valence-electron chi connectivity index (χ2n) is 7.63. The Morgan fingerprint density at radius 1 is 1.25 bits per heavy atom. The topological polar surface area (TPSA) is 80.0 Å². The molecule has 0 spiro atoms. The minimum Gasteiger partial charge on any atom is -0.390 e. The van der Waals surface area contributed by atoms with Gasteiger partial charge in [0.15, 0.2) is 0 Å². The molecule has 1 saturated heterocycles. The zero-order valence-electron chi connectivity index (χ0n) is 16.4. The lowest BCUT2D eigenvalue weighted by molar-refractivity contribution is 0.0611. The number of hydrogen-bond acceptors (Lipinski definition) is 6. The Bertz CT molecular complexity index is 988. The molecule has 0 amide bonds. The average Bonchev–Trinajstić information content (AvgIpc) is 2.99. The summed E-state index contributed by atoms with van der Waals surface area (Å²) in [6, 6.07) is 4.23. The van der Waals surface area contributed by atoms with Crippen molar-refractivity contribution in [1.29, 1.82) is 0 Å². The van der Waals surface area contributed by atoms with Gasteiger partial charge < -0.3 is 14.6 Å². The van der Waals surface area contributed by atoms with Crippen LogP contribution in [0.3, 0.4) is 0 Å². The van der Waals surface area contributed by atoms with Crippen LogP contribution >= 0.6 is 0 Å². The first kappa shape index (κ1) is 18.7. The summed E-state index contributed by atoms with van der Waals surface area (Å²) in [6.07, 6.45) is 2.26.